The predicted octanol–water partition coefficient (Wildman–Crippen LogP) is 1.99. The summed E-state index contributed by atoms with van der Waals surface area (Å²) in [4.78, 5) is 11.1. The predicted molar refractivity (Wildman–Crippen MR) is 55.8 cm³/mol. The van der Waals surface area contributed by atoms with Crippen molar-refractivity contribution in [3.63, 3.8) is 0 Å². The third kappa shape index (κ3) is 2.18. The van der Waals surface area contributed by atoms with E-state index in [1.165, 1.54) is 0 Å². The molecule has 1 aliphatic rings. The molecule has 1 aromatic rings. The monoisotopic (exact) mass is 206 g/mol. The molecule has 0 fully saturated rings. The SMILES string of the molecule is CC(=O)Cc1cc(C)cc2c1OCOC2. The lowest BCUT2D eigenvalue weighted by molar-refractivity contribution is -0.116. The number of hydrogen-bond acceptors (Lipinski definition) is 3. The Kier molecular flexibility index (Phi) is 2.73. The first-order valence-electron chi connectivity index (χ1n) is 4.99. The lowest BCUT2D eigenvalue weighted by atomic mass is 10.0. The van der Waals surface area contributed by atoms with Gasteiger partial charge < -0.3 is 9.47 Å². The van der Waals surface area contributed by atoms with Gasteiger partial charge in [0, 0.05) is 17.5 Å². The zero-order chi connectivity index (χ0) is 10.8. The Balaban J connectivity index is 2.43. The second-order valence-electron chi connectivity index (χ2n) is 3.90. The second kappa shape index (κ2) is 4.03. The highest BCUT2D eigenvalue weighted by Gasteiger charge is 2.16. The van der Waals surface area contributed by atoms with Crippen LogP contribution in [0.15, 0.2) is 12.1 Å². The van der Waals surface area contributed by atoms with Crippen molar-refractivity contribution >= 4 is 5.78 Å². The first kappa shape index (κ1) is 10.2. The summed E-state index contributed by atoms with van der Waals surface area (Å²) in [6.45, 7) is 4.45. The summed E-state index contributed by atoms with van der Waals surface area (Å²) >= 11 is 0. The van der Waals surface area contributed by atoms with Gasteiger partial charge in [0.15, 0.2) is 6.79 Å². The van der Waals surface area contributed by atoms with Crippen LogP contribution in [0.2, 0.25) is 0 Å². The molecule has 0 saturated carbocycles. The van der Waals surface area contributed by atoms with Crippen molar-refractivity contribution < 1.29 is 14.3 Å². The smallest absolute Gasteiger partial charge is 0.189 e. The lowest BCUT2D eigenvalue weighted by Crippen LogP contribution is -2.14. The molecule has 0 aliphatic carbocycles. The van der Waals surface area contributed by atoms with Crippen molar-refractivity contribution in [1.82, 2.24) is 0 Å². The Morgan fingerprint density at radius 3 is 3.00 bits per heavy atom. The molecule has 0 N–H and O–H groups in total. The van der Waals surface area contributed by atoms with Crippen molar-refractivity contribution in [2.75, 3.05) is 6.79 Å². The average Bonchev–Trinajstić information content (AvgIpc) is 2.16. The van der Waals surface area contributed by atoms with Gasteiger partial charge in [-0.05, 0) is 13.8 Å². The number of hydrogen-bond donors (Lipinski definition) is 0. The molecule has 3 nitrogen and oxygen atoms in total. The lowest BCUT2D eigenvalue weighted by Gasteiger charge is -2.21. The van der Waals surface area contributed by atoms with Gasteiger partial charge in [0.1, 0.15) is 11.5 Å². The highest BCUT2D eigenvalue weighted by atomic mass is 16.7. The Morgan fingerprint density at radius 2 is 2.27 bits per heavy atom. The van der Waals surface area contributed by atoms with Gasteiger partial charge in [0.25, 0.3) is 0 Å². The molecule has 0 unspecified atom stereocenters. The number of carbonyl (C=O) groups excluding carboxylic acids is 1. The minimum atomic E-state index is 0.151. The number of fused-ring (bicyclic) bond motifs is 1. The van der Waals surface area contributed by atoms with Gasteiger partial charge in [-0.3, -0.25) is 4.79 Å². The summed E-state index contributed by atoms with van der Waals surface area (Å²) < 4.78 is 10.6. The number of ketones is 1. The highest BCUT2D eigenvalue weighted by molar-refractivity contribution is 5.79. The van der Waals surface area contributed by atoms with E-state index in [4.69, 9.17) is 9.47 Å². The molecule has 0 bridgehead atoms. The van der Waals surface area contributed by atoms with E-state index in [-0.39, 0.29) is 12.6 Å². The number of benzene rings is 1. The maximum atomic E-state index is 11.1. The molecule has 0 saturated heterocycles. The van der Waals surface area contributed by atoms with E-state index in [0.29, 0.717) is 13.0 Å². The van der Waals surface area contributed by atoms with Gasteiger partial charge in [-0.2, -0.15) is 0 Å². The van der Waals surface area contributed by atoms with Crippen molar-refractivity contribution in [3.05, 3.63) is 28.8 Å². The maximum Gasteiger partial charge on any atom is 0.189 e. The molecule has 80 valence electrons. The quantitative estimate of drug-likeness (QED) is 0.742. The molecule has 0 aromatic heterocycles. The molecular weight excluding hydrogens is 192 g/mol. The van der Waals surface area contributed by atoms with Crippen LogP contribution in [0.1, 0.15) is 23.6 Å². The fourth-order valence-corrected chi connectivity index (χ4v) is 1.87. The molecule has 15 heavy (non-hydrogen) atoms. The molecule has 0 spiro atoms. The summed E-state index contributed by atoms with van der Waals surface area (Å²) in [7, 11) is 0. The average molecular weight is 206 g/mol. The molecule has 3 heteroatoms. The molecule has 1 heterocycles. The summed E-state index contributed by atoms with van der Waals surface area (Å²) in [6, 6.07) is 4.05. The molecule has 2 rings (SSSR count). The fourth-order valence-electron chi connectivity index (χ4n) is 1.87. The van der Waals surface area contributed by atoms with E-state index in [9.17, 15) is 4.79 Å². The molecule has 1 aromatic carbocycles. The van der Waals surface area contributed by atoms with Gasteiger partial charge in [-0.15, -0.1) is 0 Å². The first-order chi connectivity index (χ1) is 7.16. The van der Waals surface area contributed by atoms with Crippen LogP contribution in [0.5, 0.6) is 5.75 Å². The minimum absolute atomic E-state index is 0.151. The normalized spacial score (nSPS) is 14.3. The van der Waals surface area contributed by atoms with Crippen molar-refractivity contribution in [1.29, 1.82) is 0 Å². The van der Waals surface area contributed by atoms with Gasteiger partial charge in [-0.1, -0.05) is 17.7 Å². The maximum absolute atomic E-state index is 11.1. The number of Topliss-reactive ketones (excluding diaryl/α,β-unsaturated/α-hetero) is 1. The fraction of sp³-hybridized carbons (Fsp3) is 0.417. The van der Waals surface area contributed by atoms with Gasteiger partial charge in [0.05, 0.1) is 6.61 Å². The van der Waals surface area contributed by atoms with Crippen LogP contribution in [0, 0.1) is 6.92 Å². The highest BCUT2D eigenvalue weighted by Crippen LogP contribution is 2.29. The van der Waals surface area contributed by atoms with Gasteiger partial charge in [0.2, 0.25) is 0 Å². The third-order valence-corrected chi connectivity index (χ3v) is 2.37. The topological polar surface area (TPSA) is 35.5 Å². The summed E-state index contributed by atoms with van der Waals surface area (Å²) in [5.74, 6) is 0.986. The zero-order valence-corrected chi connectivity index (χ0v) is 9.00. The van der Waals surface area contributed by atoms with Crippen LogP contribution in [0.3, 0.4) is 0 Å². The van der Waals surface area contributed by atoms with Crippen LogP contribution in [-0.2, 0) is 22.6 Å². The molecule has 0 radical (unpaired) electrons. The number of ether oxygens (including phenoxy) is 2. The number of carbonyl (C=O) groups is 1. The van der Waals surface area contributed by atoms with Crippen molar-refractivity contribution in [2.24, 2.45) is 0 Å². The first-order valence-corrected chi connectivity index (χ1v) is 4.99. The van der Waals surface area contributed by atoms with Crippen LogP contribution in [0.4, 0.5) is 0 Å². The Morgan fingerprint density at radius 1 is 1.47 bits per heavy atom. The van der Waals surface area contributed by atoms with Crippen LogP contribution in [-0.4, -0.2) is 12.6 Å². The Bertz CT molecular complexity index is 396. The molecule has 1 aliphatic heterocycles. The Labute approximate surface area is 89.0 Å². The van der Waals surface area contributed by atoms with Gasteiger partial charge >= 0.3 is 0 Å². The van der Waals surface area contributed by atoms with Crippen LogP contribution >= 0.6 is 0 Å². The Hall–Kier alpha value is -1.35. The van der Waals surface area contributed by atoms with Gasteiger partial charge in [-0.25, -0.2) is 0 Å². The van der Waals surface area contributed by atoms with Crippen molar-refractivity contribution in [2.45, 2.75) is 26.9 Å². The van der Waals surface area contributed by atoms with E-state index in [2.05, 4.69) is 0 Å². The number of aryl methyl sites for hydroxylation is 1. The van der Waals surface area contributed by atoms with E-state index in [0.717, 1.165) is 22.4 Å². The third-order valence-electron chi connectivity index (χ3n) is 2.37. The molecule has 0 atom stereocenters. The molecular formula is C12H14O3. The van der Waals surface area contributed by atoms with Crippen LogP contribution < -0.4 is 4.74 Å². The minimum Gasteiger partial charge on any atom is -0.467 e. The van der Waals surface area contributed by atoms with E-state index in [1.807, 2.05) is 19.1 Å². The second-order valence-corrected chi connectivity index (χ2v) is 3.90. The summed E-state index contributed by atoms with van der Waals surface area (Å²) in [5, 5.41) is 0. The van der Waals surface area contributed by atoms with E-state index in [1.54, 1.807) is 6.92 Å². The number of rotatable bonds is 2. The van der Waals surface area contributed by atoms with Crippen molar-refractivity contribution in [3.8, 4) is 5.75 Å². The summed E-state index contributed by atoms with van der Waals surface area (Å²) in [5.41, 5.74) is 3.15. The van der Waals surface area contributed by atoms with E-state index < -0.39 is 0 Å². The van der Waals surface area contributed by atoms with E-state index >= 15 is 0 Å². The standard InChI is InChI=1S/C12H14O3/c1-8-3-10(5-9(2)13)12-11(4-8)6-14-7-15-12/h3-4H,5-7H2,1-2H3. The molecule has 0 amide bonds. The van der Waals surface area contributed by atoms with Crippen LogP contribution in [0.25, 0.3) is 0 Å². The zero-order valence-electron chi connectivity index (χ0n) is 9.00. The largest absolute Gasteiger partial charge is 0.467 e. The summed E-state index contributed by atoms with van der Waals surface area (Å²) in [6.07, 6.45) is 0.435.